The summed E-state index contributed by atoms with van der Waals surface area (Å²) in [6.07, 6.45) is 0. The van der Waals surface area contributed by atoms with E-state index in [-0.39, 0.29) is 11.3 Å². The first-order chi connectivity index (χ1) is 12.3. The summed E-state index contributed by atoms with van der Waals surface area (Å²) in [5.74, 6) is -2.13. The molecule has 3 N–H and O–H groups in total. The van der Waals surface area contributed by atoms with E-state index in [0.29, 0.717) is 4.90 Å². The third-order valence-corrected chi connectivity index (χ3v) is 5.75. The molecule has 0 spiro atoms. The van der Waals surface area contributed by atoms with Gasteiger partial charge in [0.15, 0.2) is 5.85 Å². The van der Waals surface area contributed by atoms with Crippen LogP contribution in [0.1, 0.15) is 11.4 Å². The number of hydrogen-bond donors (Lipinski definition) is 3. The van der Waals surface area contributed by atoms with Crippen molar-refractivity contribution in [1.82, 2.24) is 0 Å². The van der Waals surface area contributed by atoms with Crippen LogP contribution in [0.2, 0.25) is 0 Å². The van der Waals surface area contributed by atoms with Gasteiger partial charge in [-0.15, -0.1) is 0 Å². The summed E-state index contributed by atoms with van der Waals surface area (Å²) in [5, 5.41) is 23.0. The Bertz CT molecular complexity index is 1030. The second-order valence-electron chi connectivity index (χ2n) is 5.55. The Hall–Kier alpha value is -2.22. The first-order valence-corrected chi connectivity index (χ1v) is 9.94. The van der Waals surface area contributed by atoms with E-state index in [1.165, 1.54) is 23.9 Å². The number of aliphatic hydroxyl groups is 1. The van der Waals surface area contributed by atoms with Crippen LogP contribution in [0.3, 0.4) is 0 Å². The average Bonchev–Trinajstić information content (AvgIpc) is 2.60. The molecule has 0 heterocycles. The van der Waals surface area contributed by atoms with Crippen molar-refractivity contribution in [3.63, 3.8) is 0 Å². The van der Waals surface area contributed by atoms with Crippen LogP contribution in [0.25, 0.3) is 10.8 Å². The molecule has 0 saturated carbocycles. The fourth-order valence-electron chi connectivity index (χ4n) is 2.48. The number of non-ortho nitro benzene ring substituents is 1. The quantitative estimate of drug-likeness (QED) is 0.341. The van der Waals surface area contributed by atoms with Crippen LogP contribution >= 0.6 is 19.4 Å². The molecule has 0 bridgehead atoms. The highest BCUT2D eigenvalue weighted by atomic mass is 32.2. The van der Waals surface area contributed by atoms with Crippen molar-refractivity contribution in [3.05, 3.63) is 76.3 Å². The summed E-state index contributed by atoms with van der Waals surface area (Å²) in [4.78, 5) is 30.0. The molecule has 134 valence electrons. The molecule has 3 aromatic carbocycles. The molecule has 0 amide bonds. The fraction of sp³-hybridized carbons (Fsp3) is 0.0588. The molecule has 0 aliphatic rings. The Balaban J connectivity index is 2.05. The van der Waals surface area contributed by atoms with Crippen molar-refractivity contribution in [2.24, 2.45) is 0 Å². The van der Waals surface area contributed by atoms with Gasteiger partial charge in [0.1, 0.15) is 0 Å². The summed E-state index contributed by atoms with van der Waals surface area (Å²) < 4.78 is 11.5. The molecule has 3 rings (SSSR count). The number of benzene rings is 3. The molecule has 1 atom stereocenters. The van der Waals surface area contributed by atoms with Gasteiger partial charge in [-0.2, -0.15) is 0 Å². The maximum Gasteiger partial charge on any atom is 0.358 e. The number of nitrogens with zero attached hydrogens (tertiary/aromatic N) is 1. The summed E-state index contributed by atoms with van der Waals surface area (Å²) in [5.41, 5.74) is -0.527. The van der Waals surface area contributed by atoms with E-state index in [2.05, 4.69) is 0 Å². The van der Waals surface area contributed by atoms with Crippen LogP contribution in [0, 0.1) is 10.1 Å². The van der Waals surface area contributed by atoms with Crippen molar-refractivity contribution in [3.8, 4) is 0 Å². The van der Waals surface area contributed by atoms with Crippen molar-refractivity contribution in [1.29, 1.82) is 0 Å². The third kappa shape index (κ3) is 3.95. The van der Waals surface area contributed by atoms with Crippen LogP contribution < -0.4 is 0 Å². The Morgan fingerprint density at radius 2 is 1.69 bits per heavy atom. The number of nitro benzene ring substituents is 1. The summed E-state index contributed by atoms with van der Waals surface area (Å²) in [7, 11) is -4.88. The average molecular weight is 391 g/mol. The molecule has 0 fully saturated rings. The van der Waals surface area contributed by atoms with Gasteiger partial charge in [-0.3, -0.25) is 14.7 Å². The summed E-state index contributed by atoms with van der Waals surface area (Å²) >= 11 is 1.17. The van der Waals surface area contributed by atoms with E-state index in [4.69, 9.17) is 0 Å². The zero-order chi connectivity index (χ0) is 18.9. The predicted octanol–water partition coefficient (Wildman–Crippen LogP) is 4.07. The van der Waals surface area contributed by atoms with Gasteiger partial charge < -0.3 is 14.9 Å². The lowest BCUT2D eigenvalue weighted by Gasteiger charge is -2.16. The minimum absolute atomic E-state index is 0.175. The molecule has 7 nitrogen and oxygen atoms in total. The fourth-order valence-corrected chi connectivity index (χ4v) is 4.15. The first kappa shape index (κ1) is 18.6. The van der Waals surface area contributed by atoms with Gasteiger partial charge in [0.25, 0.3) is 5.69 Å². The van der Waals surface area contributed by atoms with Gasteiger partial charge in [0, 0.05) is 27.5 Å². The smallest absolute Gasteiger partial charge is 0.358 e. The Labute approximate surface area is 152 Å². The van der Waals surface area contributed by atoms with Crippen molar-refractivity contribution in [2.75, 3.05) is 0 Å². The molecule has 0 aliphatic heterocycles. The zero-order valence-corrected chi connectivity index (χ0v) is 14.9. The highest BCUT2D eigenvalue weighted by molar-refractivity contribution is 7.99. The molecule has 0 aliphatic carbocycles. The SMILES string of the molecule is O=[N+]([O-])c1ccc(Sc2ccc3ccccc3c2)c(C(O)P(=O)(O)O)c1. The predicted molar refractivity (Wildman–Crippen MR) is 98.2 cm³/mol. The third-order valence-electron chi connectivity index (χ3n) is 3.75. The summed E-state index contributed by atoms with van der Waals surface area (Å²) in [6.45, 7) is 0. The van der Waals surface area contributed by atoms with Gasteiger partial charge in [-0.05, 0) is 29.0 Å². The number of hydrogen-bond acceptors (Lipinski definition) is 5. The molecular weight excluding hydrogens is 377 g/mol. The van der Waals surface area contributed by atoms with Crippen LogP contribution in [0.5, 0.6) is 0 Å². The van der Waals surface area contributed by atoms with Gasteiger partial charge in [-0.25, -0.2) is 0 Å². The minimum atomic E-state index is -4.88. The standard InChI is InChI=1S/C17H14NO6PS/c19-17(25(22,23)24)15-10-13(18(20)21)6-8-16(15)26-14-7-5-11-3-1-2-4-12(11)9-14/h1-10,17,19H,(H2,22,23,24). The van der Waals surface area contributed by atoms with E-state index >= 15 is 0 Å². The van der Waals surface area contributed by atoms with Gasteiger partial charge in [-0.1, -0.05) is 42.1 Å². The monoisotopic (exact) mass is 391 g/mol. The van der Waals surface area contributed by atoms with Crippen molar-refractivity contribution >= 4 is 35.8 Å². The van der Waals surface area contributed by atoms with Crippen LogP contribution in [0.15, 0.2) is 70.5 Å². The number of rotatable bonds is 5. The zero-order valence-electron chi connectivity index (χ0n) is 13.2. The lowest BCUT2D eigenvalue weighted by molar-refractivity contribution is -0.385. The number of nitro groups is 1. The largest absolute Gasteiger partial charge is 0.376 e. The Kier molecular flexibility index (Phi) is 5.13. The van der Waals surface area contributed by atoms with Crippen LogP contribution in [-0.4, -0.2) is 19.8 Å². The van der Waals surface area contributed by atoms with Crippen molar-refractivity contribution < 1.29 is 24.4 Å². The molecule has 9 heteroatoms. The molecule has 26 heavy (non-hydrogen) atoms. The van der Waals surface area contributed by atoms with Gasteiger partial charge >= 0.3 is 7.60 Å². The second-order valence-corrected chi connectivity index (χ2v) is 8.34. The van der Waals surface area contributed by atoms with Gasteiger partial charge in [0.05, 0.1) is 4.92 Å². The lowest BCUT2D eigenvalue weighted by Crippen LogP contribution is -2.02. The van der Waals surface area contributed by atoms with Crippen LogP contribution in [-0.2, 0) is 4.57 Å². The van der Waals surface area contributed by atoms with Crippen molar-refractivity contribution in [2.45, 2.75) is 15.6 Å². The normalized spacial score (nSPS) is 12.9. The lowest BCUT2D eigenvalue weighted by atomic mass is 10.1. The van der Waals surface area contributed by atoms with E-state index in [9.17, 15) is 29.6 Å². The van der Waals surface area contributed by atoms with E-state index < -0.39 is 18.4 Å². The molecule has 1 unspecified atom stereocenters. The van der Waals surface area contributed by atoms with E-state index in [1.807, 2.05) is 42.5 Å². The first-order valence-electron chi connectivity index (χ1n) is 7.44. The molecule has 0 saturated heterocycles. The highest BCUT2D eigenvalue weighted by Crippen LogP contribution is 2.52. The van der Waals surface area contributed by atoms with E-state index in [1.54, 1.807) is 0 Å². The maximum atomic E-state index is 11.5. The number of aliphatic hydroxyl groups excluding tert-OH is 1. The summed E-state index contributed by atoms with van der Waals surface area (Å²) in [6, 6.07) is 16.9. The Morgan fingerprint density at radius 1 is 1.00 bits per heavy atom. The molecule has 0 aromatic heterocycles. The topological polar surface area (TPSA) is 121 Å². The minimum Gasteiger partial charge on any atom is -0.376 e. The Morgan fingerprint density at radius 3 is 2.35 bits per heavy atom. The second kappa shape index (κ2) is 7.19. The van der Waals surface area contributed by atoms with Crippen LogP contribution in [0.4, 0.5) is 5.69 Å². The van der Waals surface area contributed by atoms with E-state index in [0.717, 1.165) is 21.7 Å². The van der Waals surface area contributed by atoms with Gasteiger partial charge in [0.2, 0.25) is 0 Å². The number of fused-ring (bicyclic) bond motifs is 1. The molecule has 0 radical (unpaired) electrons. The maximum absolute atomic E-state index is 11.5. The molecule has 3 aromatic rings. The molecular formula is C17H14NO6PS. The highest BCUT2D eigenvalue weighted by Gasteiger charge is 2.31.